The average molecular weight is 391 g/mol. The average Bonchev–Trinajstić information content (AvgIpc) is 3.14. The van der Waals surface area contributed by atoms with Crippen LogP contribution < -0.4 is 10.6 Å². The van der Waals surface area contributed by atoms with E-state index in [9.17, 15) is 19.5 Å². The Balaban J connectivity index is 2.30. The zero-order valence-electron chi connectivity index (χ0n) is 14.7. The lowest BCUT2D eigenvalue weighted by Gasteiger charge is -2.19. The Morgan fingerprint density at radius 2 is 1.81 bits per heavy atom. The van der Waals surface area contributed by atoms with Crippen LogP contribution in [0.3, 0.4) is 0 Å². The number of halogens is 1. The first-order valence-electron chi connectivity index (χ1n) is 8.13. The molecule has 3 N–H and O–H groups in total. The van der Waals surface area contributed by atoms with Gasteiger partial charge < -0.3 is 20.2 Å². The first kappa shape index (κ1) is 20.3. The van der Waals surface area contributed by atoms with Crippen LogP contribution in [0.4, 0.5) is 0 Å². The van der Waals surface area contributed by atoms with Crippen molar-refractivity contribution in [3.63, 3.8) is 0 Å². The molecule has 0 radical (unpaired) electrons. The number of benzene rings is 1. The molecule has 2 aromatic rings. The molecule has 0 unspecified atom stereocenters. The minimum atomic E-state index is -1.17. The summed E-state index contributed by atoms with van der Waals surface area (Å²) in [7, 11) is 0. The van der Waals surface area contributed by atoms with Crippen molar-refractivity contribution in [1.82, 2.24) is 10.6 Å². The molecule has 0 aliphatic heterocycles. The summed E-state index contributed by atoms with van der Waals surface area (Å²) in [4.78, 5) is 36.2. The highest BCUT2D eigenvalue weighted by Gasteiger charge is 2.26. The van der Waals surface area contributed by atoms with Crippen LogP contribution in [0.5, 0.6) is 0 Å². The third kappa shape index (κ3) is 5.72. The van der Waals surface area contributed by atoms with Crippen LogP contribution in [-0.4, -0.2) is 28.9 Å². The highest BCUT2D eigenvalue weighted by atomic mass is 35.5. The predicted molar refractivity (Wildman–Crippen MR) is 100 cm³/mol. The Kier molecular flexibility index (Phi) is 6.79. The molecule has 0 saturated carbocycles. The van der Waals surface area contributed by atoms with E-state index in [1.165, 1.54) is 24.5 Å². The zero-order valence-corrected chi connectivity index (χ0v) is 15.5. The molecular formula is C19H19ClN2O5. The largest absolute Gasteiger partial charge is 0.480 e. The number of carbonyl (C=O) groups excluding carboxylic acids is 2. The van der Waals surface area contributed by atoms with Crippen LogP contribution in [0.1, 0.15) is 30.0 Å². The Bertz CT molecular complexity index is 841. The van der Waals surface area contributed by atoms with Crippen LogP contribution in [-0.2, 0) is 9.59 Å². The minimum Gasteiger partial charge on any atom is -0.480 e. The lowest BCUT2D eigenvalue weighted by atomic mass is 10.0. The predicted octanol–water partition coefficient (Wildman–Crippen LogP) is 2.93. The molecule has 1 aromatic carbocycles. The maximum atomic E-state index is 12.6. The van der Waals surface area contributed by atoms with Crippen LogP contribution in [0.2, 0.25) is 5.02 Å². The highest BCUT2D eigenvalue weighted by Crippen LogP contribution is 2.13. The quantitative estimate of drug-likeness (QED) is 0.630. The second kappa shape index (κ2) is 9.05. The summed E-state index contributed by atoms with van der Waals surface area (Å²) >= 11 is 5.85. The molecule has 0 aliphatic carbocycles. The van der Waals surface area contributed by atoms with E-state index in [0.717, 1.165) is 0 Å². The number of hydrogen-bond acceptors (Lipinski definition) is 4. The number of aliphatic carboxylic acids is 1. The van der Waals surface area contributed by atoms with Gasteiger partial charge in [-0.1, -0.05) is 37.6 Å². The topological polar surface area (TPSA) is 109 Å². The molecule has 0 saturated heterocycles. The molecule has 1 atom stereocenters. The summed E-state index contributed by atoms with van der Waals surface area (Å²) in [5.74, 6) is -2.85. The number of carbonyl (C=O) groups is 3. The van der Waals surface area contributed by atoms with Crippen molar-refractivity contribution >= 4 is 35.5 Å². The molecule has 2 amide bonds. The number of nitrogens with one attached hydrogen (secondary N) is 2. The van der Waals surface area contributed by atoms with Gasteiger partial charge in [-0.3, -0.25) is 9.59 Å². The summed E-state index contributed by atoms with van der Waals surface area (Å²) in [6.45, 7) is 3.34. The van der Waals surface area contributed by atoms with Crippen LogP contribution in [0.15, 0.2) is 52.8 Å². The van der Waals surface area contributed by atoms with Gasteiger partial charge in [-0.05, 0) is 41.8 Å². The molecule has 0 bridgehead atoms. The SMILES string of the molecule is CC(C)[C@@H](NC(=O)/C(=C/c1ccc(Cl)cc1)NC(=O)c1ccco1)C(=O)O. The van der Waals surface area contributed by atoms with Gasteiger partial charge in [0.25, 0.3) is 11.8 Å². The Morgan fingerprint density at radius 3 is 2.33 bits per heavy atom. The second-order valence-electron chi connectivity index (χ2n) is 6.07. The van der Waals surface area contributed by atoms with Crippen molar-refractivity contribution in [1.29, 1.82) is 0 Å². The van der Waals surface area contributed by atoms with Crippen molar-refractivity contribution in [2.45, 2.75) is 19.9 Å². The first-order valence-corrected chi connectivity index (χ1v) is 8.51. The standard InChI is InChI=1S/C19H19ClN2O5/c1-11(2)16(19(25)26)22-17(23)14(10-12-5-7-13(20)8-6-12)21-18(24)15-4-3-9-27-15/h3-11,16H,1-2H3,(H,21,24)(H,22,23)(H,25,26)/b14-10-/t16-/m1/s1. The van der Waals surface area contributed by atoms with Crippen LogP contribution >= 0.6 is 11.6 Å². The first-order chi connectivity index (χ1) is 12.8. The molecule has 0 spiro atoms. The monoisotopic (exact) mass is 390 g/mol. The zero-order chi connectivity index (χ0) is 20.0. The third-order valence-corrected chi connectivity index (χ3v) is 3.89. The Hall–Kier alpha value is -3.06. The van der Waals surface area contributed by atoms with E-state index in [4.69, 9.17) is 16.0 Å². The van der Waals surface area contributed by atoms with Gasteiger partial charge in [-0.15, -0.1) is 0 Å². The summed E-state index contributed by atoms with van der Waals surface area (Å²) in [6, 6.07) is 8.46. The van der Waals surface area contributed by atoms with E-state index >= 15 is 0 Å². The molecule has 8 heteroatoms. The minimum absolute atomic E-state index is 0.0171. The van der Waals surface area contributed by atoms with E-state index in [1.807, 2.05) is 0 Å². The van der Waals surface area contributed by atoms with E-state index in [-0.39, 0.29) is 17.4 Å². The van der Waals surface area contributed by atoms with Gasteiger partial charge in [0.05, 0.1) is 6.26 Å². The van der Waals surface area contributed by atoms with Crippen molar-refractivity contribution in [2.24, 2.45) is 5.92 Å². The fourth-order valence-corrected chi connectivity index (χ4v) is 2.33. The molecule has 27 heavy (non-hydrogen) atoms. The van der Waals surface area contributed by atoms with E-state index in [0.29, 0.717) is 10.6 Å². The normalized spacial score (nSPS) is 12.5. The number of carboxylic acids is 1. The van der Waals surface area contributed by atoms with Crippen LogP contribution in [0.25, 0.3) is 6.08 Å². The number of furan rings is 1. The fraction of sp³-hybridized carbons (Fsp3) is 0.211. The lowest BCUT2D eigenvalue weighted by molar-refractivity contribution is -0.142. The van der Waals surface area contributed by atoms with E-state index < -0.39 is 23.8 Å². The van der Waals surface area contributed by atoms with Gasteiger partial charge in [0.2, 0.25) is 0 Å². The number of hydrogen-bond donors (Lipinski definition) is 3. The van der Waals surface area contributed by atoms with Gasteiger partial charge in [0.15, 0.2) is 5.76 Å². The van der Waals surface area contributed by atoms with Gasteiger partial charge >= 0.3 is 5.97 Å². The Morgan fingerprint density at radius 1 is 1.15 bits per heavy atom. The molecule has 1 aromatic heterocycles. The van der Waals surface area contributed by atoms with E-state index in [1.54, 1.807) is 38.1 Å². The number of carboxylic acid groups (broad SMARTS) is 1. The highest BCUT2D eigenvalue weighted by molar-refractivity contribution is 6.30. The maximum absolute atomic E-state index is 12.6. The molecule has 7 nitrogen and oxygen atoms in total. The lowest BCUT2D eigenvalue weighted by Crippen LogP contribution is -2.47. The summed E-state index contributed by atoms with van der Waals surface area (Å²) in [5.41, 5.74) is 0.478. The third-order valence-electron chi connectivity index (χ3n) is 3.64. The van der Waals surface area contributed by atoms with Gasteiger partial charge in [0, 0.05) is 5.02 Å². The number of amides is 2. The molecular weight excluding hydrogens is 372 g/mol. The van der Waals surface area contributed by atoms with Crippen LogP contribution in [0, 0.1) is 5.92 Å². The molecule has 142 valence electrons. The van der Waals surface area contributed by atoms with E-state index in [2.05, 4.69) is 10.6 Å². The smallest absolute Gasteiger partial charge is 0.326 e. The summed E-state index contributed by atoms with van der Waals surface area (Å²) in [5, 5.41) is 14.7. The van der Waals surface area contributed by atoms with Crippen molar-refractivity contribution in [2.75, 3.05) is 0 Å². The number of rotatable bonds is 7. The molecule has 1 heterocycles. The Labute approximate surface area is 161 Å². The van der Waals surface area contributed by atoms with Crippen molar-refractivity contribution < 1.29 is 23.9 Å². The van der Waals surface area contributed by atoms with Crippen molar-refractivity contribution in [3.05, 3.63) is 64.7 Å². The molecule has 2 rings (SSSR count). The fourth-order valence-electron chi connectivity index (χ4n) is 2.21. The maximum Gasteiger partial charge on any atom is 0.326 e. The van der Waals surface area contributed by atoms with Crippen molar-refractivity contribution in [3.8, 4) is 0 Å². The van der Waals surface area contributed by atoms with Gasteiger partial charge in [0.1, 0.15) is 11.7 Å². The van der Waals surface area contributed by atoms with Gasteiger partial charge in [-0.2, -0.15) is 0 Å². The summed E-state index contributed by atoms with van der Waals surface area (Å²) < 4.78 is 5.02. The molecule has 0 fully saturated rings. The molecule has 0 aliphatic rings. The van der Waals surface area contributed by atoms with Gasteiger partial charge in [-0.25, -0.2) is 4.79 Å². The second-order valence-corrected chi connectivity index (χ2v) is 6.51. The summed E-state index contributed by atoms with van der Waals surface area (Å²) in [6.07, 6.45) is 2.75.